The highest BCUT2D eigenvalue weighted by molar-refractivity contribution is 7.90. The first-order valence-corrected chi connectivity index (χ1v) is 10.3. The van der Waals surface area contributed by atoms with Crippen molar-refractivity contribution in [3.8, 4) is 0 Å². The third-order valence-corrected chi connectivity index (χ3v) is 6.41. The Morgan fingerprint density at radius 1 is 1.18 bits per heavy atom. The summed E-state index contributed by atoms with van der Waals surface area (Å²) in [5, 5.41) is 6.44. The summed E-state index contributed by atoms with van der Waals surface area (Å²) in [5.41, 5.74) is -3.46. The molecule has 0 aliphatic carbocycles. The number of carbonyl (C=O) groups excluding carboxylic acids is 1. The lowest BCUT2D eigenvalue weighted by atomic mass is 9.98. The molecule has 1 aliphatic heterocycles. The standard InChI is InChI=1S/C17H21F3N4O3S/c18-17(19,20)28(26,27)24-7-5-12(6-8-24)10-21-16(25)22-11-14-9-13-3-1-2-4-15(13)23-14/h1-4,9,12,23H,5-8,10-11H2,(H2,21,22,25). The van der Waals surface area contributed by atoms with E-state index in [4.69, 9.17) is 0 Å². The van der Waals surface area contributed by atoms with E-state index < -0.39 is 15.5 Å². The zero-order chi connectivity index (χ0) is 20.4. The number of sulfonamides is 1. The minimum Gasteiger partial charge on any atom is -0.357 e. The van der Waals surface area contributed by atoms with Crippen molar-refractivity contribution in [1.29, 1.82) is 0 Å². The molecule has 1 saturated heterocycles. The van der Waals surface area contributed by atoms with Crippen molar-refractivity contribution < 1.29 is 26.4 Å². The van der Waals surface area contributed by atoms with E-state index in [9.17, 15) is 26.4 Å². The summed E-state index contributed by atoms with van der Waals surface area (Å²) in [5.74, 6) is -0.0708. The molecular formula is C17H21F3N4O3S. The number of nitrogens with one attached hydrogen (secondary N) is 3. The number of hydrogen-bond donors (Lipinski definition) is 3. The van der Waals surface area contributed by atoms with Crippen molar-refractivity contribution in [3.05, 3.63) is 36.0 Å². The first kappa shape index (κ1) is 20.5. The van der Waals surface area contributed by atoms with Crippen LogP contribution in [-0.2, 0) is 16.6 Å². The number of aromatic nitrogens is 1. The molecule has 0 spiro atoms. The second kappa shape index (κ2) is 8.00. The number of para-hydroxylation sites is 1. The summed E-state index contributed by atoms with van der Waals surface area (Å²) in [6, 6.07) is 9.28. The molecule has 3 rings (SSSR count). The van der Waals surface area contributed by atoms with Crippen LogP contribution in [0, 0.1) is 5.92 Å². The largest absolute Gasteiger partial charge is 0.511 e. The minimum absolute atomic E-state index is 0.0708. The molecule has 1 aliphatic rings. The Bertz CT molecular complexity index is 902. The van der Waals surface area contributed by atoms with Crippen LogP contribution in [0.25, 0.3) is 10.9 Å². The fourth-order valence-electron chi connectivity index (χ4n) is 3.20. The van der Waals surface area contributed by atoms with E-state index >= 15 is 0 Å². The number of amides is 2. The van der Waals surface area contributed by atoms with Gasteiger partial charge >= 0.3 is 21.6 Å². The van der Waals surface area contributed by atoms with Crippen LogP contribution in [0.3, 0.4) is 0 Å². The van der Waals surface area contributed by atoms with E-state index in [1.165, 1.54) is 0 Å². The first-order valence-electron chi connectivity index (χ1n) is 8.81. The van der Waals surface area contributed by atoms with E-state index in [1.54, 1.807) is 0 Å². The molecule has 0 bridgehead atoms. The third-order valence-electron chi connectivity index (χ3n) is 4.78. The number of fused-ring (bicyclic) bond motifs is 1. The van der Waals surface area contributed by atoms with E-state index in [0.29, 0.717) is 10.8 Å². The highest BCUT2D eigenvalue weighted by atomic mass is 32.2. The Balaban J connectivity index is 1.41. The molecule has 154 valence electrons. The van der Waals surface area contributed by atoms with Crippen molar-refractivity contribution >= 4 is 27.0 Å². The molecular weight excluding hydrogens is 397 g/mol. The Kier molecular flexibility index (Phi) is 5.84. The number of halogens is 3. The minimum atomic E-state index is -5.28. The number of aromatic amines is 1. The normalized spacial score (nSPS) is 17.0. The summed E-state index contributed by atoms with van der Waals surface area (Å²) >= 11 is 0. The van der Waals surface area contributed by atoms with Crippen LogP contribution in [0.4, 0.5) is 18.0 Å². The first-order chi connectivity index (χ1) is 13.2. The molecule has 7 nitrogen and oxygen atoms in total. The van der Waals surface area contributed by atoms with Crippen molar-refractivity contribution in [2.75, 3.05) is 19.6 Å². The van der Waals surface area contributed by atoms with E-state index in [0.717, 1.165) is 16.6 Å². The van der Waals surface area contributed by atoms with Gasteiger partial charge in [-0.2, -0.15) is 17.5 Å². The predicted octanol–water partition coefficient (Wildman–Crippen LogP) is 2.53. The monoisotopic (exact) mass is 418 g/mol. The SMILES string of the molecule is O=C(NCc1cc2ccccc2[nH]1)NCC1CCN(S(=O)(=O)C(F)(F)F)CC1. The summed E-state index contributed by atoms with van der Waals surface area (Å²) in [6.07, 6.45) is 0.523. The maximum absolute atomic E-state index is 12.6. The van der Waals surface area contributed by atoms with E-state index in [-0.39, 0.29) is 44.4 Å². The van der Waals surface area contributed by atoms with Gasteiger partial charge < -0.3 is 15.6 Å². The van der Waals surface area contributed by atoms with Gasteiger partial charge in [-0.05, 0) is 36.3 Å². The number of piperidine rings is 1. The molecule has 0 atom stereocenters. The number of benzene rings is 1. The van der Waals surface area contributed by atoms with Crippen LogP contribution in [0.15, 0.2) is 30.3 Å². The fraction of sp³-hybridized carbons (Fsp3) is 0.471. The van der Waals surface area contributed by atoms with E-state index in [2.05, 4.69) is 15.6 Å². The molecule has 28 heavy (non-hydrogen) atoms. The third kappa shape index (κ3) is 4.58. The van der Waals surface area contributed by atoms with Gasteiger partial charge in [-0.25, -0.2) is 13.2 Å². The average Bonchev–Trinajstić information content (AvgIpc) is 3.07. The number of hydrogen-bond acceptors (Lipinski definition) is 3. The van der Waals surface area contributed by atoms with Crippen LogP contribution < -0.4 is 10.6 Å². The predicted molar refractivity (Wildman–Crippen MR) is 97.8 cm³/mol. The highest BCUT2D eigenvalue weighted by Gasteiger charge is 2.50. The maximum Gasteiger partial charge on any atom is 0.511 e. The molecule has 2 aromatic rings. The molecule has 0 radical (unpaired) electrons. The molecule has 3 N–H and O–H groups in total. The molecule has 1 fully saturated rings. The summed E-state index contributed by atoms with van der Waals surface area (Å²) in [4.78, 5) is 15.1. The highest BCUT2D eigenvalue weighted by Crippen LogP contribution is 2.30. The topological polar surface area (TPSA) is 94.3 Å². The van der Waals surface area contributed by atoms with Gasteiger partial charge in [0.1, 0.15) is 0 Å². The van der Waals surface area contributed by atoms with Crippen molar-refractivity contribution in [1.82, 2.24) is 19.9 Å². The number of alkyl halides is 3. The average molecular weight is 418 g/mol. The van der Waals surface area contributed by atoms with Gasteiger partial charge in [-0.15, -0.1) is 0 Å². The lowest BCUT2D eigenvalue weighted by Gasteiger charge is -2.31. The van der Waals surface area contributed by atoms with Crippen LogP contribution in [0.5, 0.6) is 0 Å². The Morgan fingerprint density at radius 3 is 2.50 bits per heavy atom. The fourth-order valence-corrected chi connectivity index (χ4v) is 4.19. The number of urea groups is 1. The second-order valence-corrected chi connectivity index (χ2v) is 8.67. The number of H-pyrrole nitrogens is 1. The van der Waals surface area contributed by atoms with Crippen molar-refractivity contribution in [3.63, 3.8) is 0 Å². The molecule has 0 saturated carbocycles. The number of rotatable bonds is 5. The van der Waals surface area contributed by atoms with Gasteiger partial charge in [0, 0.05) is 30.8 Å². The quantitative estimate of drug-likeness (QED) is 0.697. The van der Waals surface area contributed by atoms with Gasteiger partial charge in [0.2, 0.25) is 0 Å². The summed E-state index contributed by atoms with van der Waals surface area (Å²) in [6.45, 7) is 0.178. The van der Waals surface area contributed by atoms with Crippen molar-refractivity contribution in [2.24, 2.45) is 5.92 Å². The van der Waals surface area contributed by atoms with Gasteiger partial charge in [0.05, 0.1) is 6.54 Å². The second-order valence-electron chi connectivity index (χ2n) is 6.74. The molecule has 11 heteroatoms. The molecule has 0 unspecified atom stereocenters. The van der Waals surface area contributed by atoms with Gasteiger partial charge in [-0.1, -0.05) is 18.2 Å². The molecule has 1 aromatic carbocycles. The number of carbonyl (C=O) groups is 1. The summed E-state index contributed by atoms with van der Waals surface area (Å²) < 4.78 is 60.9. The van der Waals surface area contributed by atoms with Crippen LogP contribution in [0.2, 0.25) is 0 Å². The van der Waals surface area contributed by atoms with E-state index in [1.807, 2.05) is 30.3 Å². The van der Waals surface area contributed by atoms with Gasteiger partial charge in [0.25, 0.3) is 0 Å². The van der Waals surface area contributed by atoms with Crippen LogP contribution in [-0.4, -0.2) is 48.9 Å². The Hall–Kier alpha value is -2.27. The maximum atomic E-state index is 12.6. The Morgan fingerprint density at radius 2 is 1.86 bits per heavy atom. The van der Waals surface area contributed by atoms with Gasteiger partial charge in [-0.3, -0.25) is 0 Å². The van der Waals surface area contributed by atoms with Crippen molar-refractivity contribution in [2.45, 2.75) is 24.9 Å². The van der Waals surface area contributed by atoms with Gasteiger partial charge in [0.15, 0.2) is 0 Å². The molecule has 1 aromatic heterocycles. The van der Waals surface area contributed by atoms with Crippen LogP contribution >= 0.6 is 0 Å². The van der Waals surface area contributed by atoms with Crippen LogP contribution in [0.1, 0.15) is 18.5 Å². The lowest BCUT2D eigenvalue weighted by Crippen LogP contribution is -2.47. The zero-order valence-electron chi connectivity index (χ0n) is 14.9. The number of nitrogens with zero attached hydrogens (tertiary/aromatic N) is 1. The zero-order valence-corrected chi connectivity index (χ0v) is 15.7. The molecule has 2 amide bonds. The Labute approximate surface area is 160 Å². The smallest absolute Gasteiger partial charge is 0.357 e. The summed E-state index contributed by atoms with van der Waals surface area (Å²) in [7, 11) is -5.27. The molecule has 2 heterocycles. The lowest BCUT2D eigenvalue weighted by molar-refractivity contribution is -0.0496.